The number of hydrogen-bond acceptors (Lipinski definition) is 3. The number of nitrogens with one attached hydrogen (secondary N) is 1. The van der Waals surface area contributed by atoms with Gasteiger partial charge in [-0.1, -0.05) is 37.3 Å². The van der Waals surface area contributed by atoms with E-state index < -0.39 is 0 Å². The summed E-state index contributed by atoms with van der Waals surface area (Å²) in [6.45, 7) is 2.07. The zero-order valence-electron chi connectivity index (χ0n) is 13.2. The highest BCUT2D eigenvalue weighted by Crippen LogP contribution is 2.26. The van der Waals surface area contributed by atoms with Gasteiger partial charge in [-0.25, -0.2) is 0 Å². The third-order valence-corrected chi connectivity index (χ3v) is 5.00. The first-order valence-electron chi connectivity index (χ1n) is 7.64. The van der Waals surface area contributed by atoms with Crippen molar-refractivity contribution in [3.05, 3.63) is 65.0 Å². The quantitative estimate of drug-likeness (QED) is 0.732. The molecule has 1 amide bonds. The van der Waals surface area contributed by atoms with Gasteiger partial charge in [0.1, 0.15) is 5.75 Å². The third-order valence-electron chi connectivity index (χ3n) is 3.88. The lowest BCUT2D eigenvalue weighted by Gasteiger charge is -2.17. The van der Waals surface area contributed by atoms with E-state index in [2.05, 4.69) is 12.2 Å². The van der Waals surface area contributed by atoms with Crippen molar-refractivity contribution < 1.29 is 9.53 Å². The van der Waals surface area contributed by atoms with Gasteiger partial charge in [0.05, 0.1) is 18.0 Å². The number of benzene rings is 2. The van der Waals surface area contributed by atoms with Gasteiger partial charge >= 0.3 is 0 Å². The number of rotatable bonds is 5. The van der Waals surface area contributed by atoms with Gasteiger partial charge in [0.25, 0.3) is 5.91 Å². The largest absolute Gasteiger partial charge is 0.497 e. The van der Waals surface area contributed by atoms with Gasteiger partial charge in [0.2, 0.25) is 0 Å². The molecule has 0 radical (unpaired) electrons. The van der Waals surface area contributed by atoms with Gasteiger partial charge in [-0.2, -0.15) is 0 Å². The first-order chi connectivity index (χ1) is 11.2. The van der Waals surface area contributed by atoms with Crippen molar-refractivity contribution in [1.29, 1.82) is 0 Å². The van der Waals surface area contributed by atoms with Crippen LogP contribution in [0.2, 0.25) is 0 Å². The number of carbonyl (C=O) groups is 1. The number of thiophene rings is 1. The number of hydrogen-bond donors (Lipinski definition) is 1. The summed E-state index contributed by atoms with van der Waals surface area (Å²) in [5.41, 5.74) is 1.09. The molecule has 1 heterocycles. The van der Waals surface area contributed by atoms with Crippen LogP contribution in [0.1, 0.15) is 34.6 Å². The molecule has 0 aliphatic carbocycles. The summed E-state index contributed by atoms with van der Waals surface area (Å²) in [7, 11) is 1.65. The van der Waals surface area contributed by atoms with E-state index in [0.29, 0.717) is 0 Å². The fourth-order valence-electron chi connectivity index (χ4n) is 2.58. The van der Waals surface area contributed by atoms with Crippen molar-refractivity contribution in [2.24, 2.45) is 0 Å². The first-order valence-corrected chi connectivity index (χ1v) is 8.46. The lowest BCUT2D eigenvalue weighted by atomic mass is 10.0. The molecule has 23 heavy (non-hydrogen) atoms. The molecular weight excluding hydrogens is 306 g/mol. The highest BCUT2D eigenvalue weighted by molar-refractivity contribution is 7.20. The summed E-state index contributed by atoms with van der Waals surface area (Å²) in [6, 6.07) is 17.8. The molecule has 0 saturated carbocycles. The second-order valence-corrected chi connectivity index (χ2v) is 6.44. The van der Waals surface area contributed by atoms with Crippen LogP contribution in [0.25, 0.3) is 10.1 Å². The molecule has 3 nitrogen and oxygen atoms in total. The fourth-order valence-corrected chi connectivity index (χ4v) is 3.55. The second-order valence-electron chi connectivity index (χ2n) is 5.36. The lowest BCUT2D eigenvalue weighted by Crippen LogP contribution is -2.27. The van der Waals surface area contributed by atoms with Crippen molar-refractivity contribution >= 4 is 27.3 Å². The molecule has 1 N–H and O–H groups in total. The Morgan fingerprint density at radius 1 is 1.17 bits per heavy atom. The molecule has 0 saturated heterocycles. The van der Waals surface area contributed by atoms with E-state index >= 15 is 0 Å². The summed E-state index contributed by atoms with van der Waals surface area (Å²) in [4.78, 5) is 13.3. The Morgan fingerprint density at radius 3 is 2.57 bits per heavy atom. The molecule has 0 fully saturated rings. The molecule has 3 rings (SSSR count). The van der Waals surface area contributed by atoms with Gasteiger partial charge in [-0.3, -0.25) is 4.79 Å². The molecule has 0 bridgehead atoms. The Bertz CT molecular complexity index is 775. The minimum absolute atomic E-state index is 0.00128. The van der Waals surface area contributed by atoms with E-state index in [0.717, 1.165) is 32.7 Å². The Balaban J connectivity index is 1.78. The summed E-state index contributed by atoms with van der Waals surface area (Å²) in [5.74, 6) is 0.799. The predicted molar refractivity (Wildman–Crippen MR) is 95.3 cm³/mol. The predicted octanol–water partition coefficient (Wildman–Crippen LogP) is 4.79. The van der Waals surface area contributed by atoms with E-state index in [1.807, 2.05) is 54.6 Å². The summed E-state index contributed by atoms with van der Waals surface area (Å²) >= 11 is 1.53. The molecule has 1 aromatic heterocycles. The van der Waals surface area contributed by atoms with Crippen LogP contribution in [0.3, 0.4) is 0 Å². The van der Waals surface area contributed by atoms with Crippen LogP contribution in [-0.4, -0.2) is 13.0 Å². The van der Waals surface area contributed by atoms with Crippen LogP contribution in [-0.2, 0) is 0 Å². The van der Waals surface area contributed by atoms with Crippen LogP contribution in [0.4, 0.5) is 0 Å². The van der Waals surface area contributed by atoms with Crippen molar-refractivity contribution in [3.63, 3.8) is 0 Å². The molecule has 118 valence electrons. The van der Waals surface area contributed by atoms with Crippen molar-refractivity contribution in [3.8, 4) is 5.75 Å². The fraction of sp³-hybridized carbons (Fsp3) is 0.211. The highest BCUT2D eigenvalue weighted by Gasteiger charge is 2.16. The average Bonchev–Trinajstić information content (AvgIpc) is 3.04. The average molecular weight is 325 g/mol. The Labute approximate surface area is 139 Å². The third kappa shape index (κ3) is 3.37. The molecule has 1 unspecified atom stereocenters. The monoisotopic (exact) mass is 325 g/mol. The van der Waals surface area contributed by atoms with E-state index in [1.165, 1.54) is 11.3 Å². The molecule has 1 atom stereocenters. The van der Waals surface area contributed by atoms with Gasteiger partial charge < -0.3 is 10.1 Å². The number of carbonyl (C=O) groups excluding carboxylic acids is 1. The van der Waals surface area contributed by atoms with Crippen LogP contribution in [0.15, 0.2) is 54.6 Å². The molecule has 4 heteroatoms. The topological polar surface area (TPSA) is 38.3 Å². The van der Waals surface area contributed by atoms with Crippen molar-refractivity contribution in [1.82, 2.24) is 5.32 Å². The number of fused-ring (bicyclic) bond motifs is 1. The Hall–Kier alpha value is -2.33. The minimum atomic E-state index is -0.0196. The van der Waals surface area contributed by atoms with Crippen LogP contribution in [0.5, 0.6) is 5.75 Å². The zero-order valence-corrected chi connectivity index (χ0v) is 14.0. The van der Waals surface area contributed by atoms with Crippen LogP contribution in [0, 0.1) is 0 Å². The molecule has 2 aromatic carbocycles. The standard InChI is InChI=1S/C19H19NO2S/c1-3-16(13-8-10-15(22-2)11-9-13)20-19(21)18-12-14-6-4-5-7-17(14)23-18/h4-12,16H,3H2,1-2H3,(H,20,21). The zero-order chi connectivity index (χ0) is 16.2. The molecule has 3 aromatic rings. The van der Waals surface area contributed by atoms with E-state index in [-0.39, 0.29) is 11.9 Å². The summed E-state index contributed by atoms with van der Waals surface area (Å²) < 4.78 is 6.32. The maximum absolute atomic E-state index is 12.6. The lowest BCUT2D eigenvalue weighted by molar-refractivity contribution is 0.0940. The first kappa shape index (κ1) is 15.6. The molecule has 0 aliphatic heterocycles. The second kappa shape index (κ2) is 6.84. The highest BCUT2D eigenvalue weighted by atomic mass is 32.1. The van der Waals surface area contributed by atoms with Crippen LogP contribution < -0.4 is 10.1 Å². The van der Waals surface area contributed by atoms with Gasteiger partial charge in [0, 0.05) is 4.70 Å². The van der Waals surface area contributed by atoms with Gasteiger partial charge in [-0.15, -0.1) is 11.3 Å². The smallest absolute Gasteiger partial charge is 0.261 e. The molecular formula is C19H19NO2S. The number of ether oxygens (including phenoxy) is 1. The number of amides is 1. The van der Waals surface area contributed by atoms with E-state index in [4.69, 9.17) is 4.74 Å². The van der Waals surface area contributed by atoms with E-state index in [1.54, 1.807) is 7.11 Å². The normalized spacial score (nSPS) is 12.1. The maximum atomic E-state index is 12.6. The molecule has 0 aliphatic rings. The van der Waals surface area contributed by atoms with Crippen molar-refractivity contribution in [2.75, 3.05) is 7.11 Å². The number of methoxy groups -OCH3 is 1. The SMILES string of the molecule is CCC(NC(=O)c1cc2ccccc2s1)c1ccc(OC)cc1. The van der Waals surface area contributed by atoms with Gasteiger partial charge in [0.15, 0.2) is 0 Å². The minimum Gasteiger partial charge on any atom is -0.497 e. The summed E-state index contributed by atoms with van der Waals surface area (Å²) in [6.07, 6.45) is 0.836. The van der Waals surface area contributed by atoms with Crippen molar-refractivity contribution in [2.45, 2.75) is 19.4 Å². The van der Waals surface area contributed by atoms with E-state index in [9.17, 15) is 4.79 Å². The summed E-state index contributed by atoms with van der Waals surface area (Å²) in [5, 5.41) is 4.24. The van der Waals surface area contributed by atoms with Crippen LogP contribution >= 0.6 is 11.3 Å². The Kier molecular flexibility index (Phi) is 4.63. The van der Waals surface area contributed by atoms with Gasteiger partial charge in [-0.05, 0) is 41.6 Å². The maximum Gasteiger partial charge on any atom is 0.261 e. The molecule has 0 spiro atoms. The Morgan fingerprint density at radius 2 is 1.91 bits per heavy atom.